The molecule has 0 saturated heterocycles. The molecule has 0 amide bonds. The lowest BCUT2D eigenvalue weighted by Gasteiger charge is -2.05. The summed E-state index contributed by atoms with van der Waals surface area (Å²) in [7, 11) is 0. The smallest absolute Gasteiger partial charge is 0.0406 e. The van der Waals surface area contributed by atoms with E-state index in [4.69, 9.17) is 11.6 Å². The van der Waals surface area contributed by atoms with Crippen LogP contribution >= 0.6 is 11.6 Å². The van der Waals surface area contributed by atoms with Crippen molar-refractivity contribution in [2.24, 2.45) is 5.92 Å². The minimum absolute atomic E-state index is 0.642. The van der Waals surface area contributed by atoms with Crippen LogP contribution in [0, 0.1) is 5.92 Å². The fraction of sp³-hybridized carbons (Fsp3) is 0.733. The van der Waals surface area contributed by atoms with Gasteiger partial charge in [-0.3, -0.25) is 0 Å². The standard InChI is InChI=1S/C15H27Cl/c1-13(2)7-5-8-14(3)9-6-10-15(4)11-12-16/h9,11,13H,5-8,10,12H2,1-4H3. The number of halogens is 1. The Morgan fingerprint density at radius 1 is 1.06 bits per heavy atom. The van der Waals surface area contributed by atoms with Crippen molar-refractivity contribution in [3.63, 3.8) is 0 Å². The van der Waals surface area contributed by atoms with Crippen LogP contribution in [0.5, 0.6) is 0 Å². The van der Waals surface area contributed by atoms with Crippen LogP contribution in [-0.2, 0) is 0 Å². The van der Waals surface area contributed by atoms with Crippen molar-refractivity contribution in [2.75, 3.05) is 5.88 Å². The summed E-state index contributed by atoms with van der Waals surface area (Å²) in [4.78, 5) is 0. The SMILES string of the molecule is CC(=CCCl)CCC=C(C)CCCC(C)C. The monoisotopic (exact) mass is 242 g/mol. The Bertz CT molecular complexity index is 224. The predicted octanol–water partition coefficient (Wildman–Crippen LogP) is 5.72. The second kappa shape index (κ2) is 9.96. The second-order valence-electron chi connectivity index (χ2n) is 5.08. The maximum Gasteiger partial charge on any atom is 0.0406 e. The predicted molar refractivity (Wildman–Crippen MR) is 76.2 cm³/mol. The fourth-order valence-corrected chi connectivity index (χ4v) is 1.93. The number of allylic oxidation sites excluding steroid dienone is 4. The normalized spacial score (nSPS) is 13.6. The van der Waals surface area contributed by atoms with Crippen LogP contribution in [0.2, 0.25) is 0 Å². The molecular weight excluding hydrogens is 216 g/mol. The summed E-state index contributed by atoms with van der Waals surface area (Å²) in [6.07, 6.45) is 10.7. The van der Waals surface area contributed by atoms with Gasteiger partial charge in [0.1, 0.15) is 0 Å². The number of hydrogen-bond acceptors (Lipinski definition) is 0. The van der Waals surface area contributed by atoms with Gasteiger partial charge in [-0.25, -0.2) is 0 Å². The van der Waals surface area contributed by atoms with Gasteiger partial charge in [0.25, 0.3) is 0 Å². The lowest BCUT2D eigenvalue weighted by atomic mass is 10.0. The van der Waals surface area contributed by atoms with E-state index < -0.39 is 0 Å². The molecule has 0 nitrogen and oxygen atoms in total. The zero-order valence-electron chi connectivity index (χ0n) is 11.4. The molecule has 0 aliphatic rings. The van der Waals surface area contributed by atoms with Crippen molar-refractivity contribution >= 4 is 11.6 Å². The molecule has 0 aliphatic heterocycles. The van der Waals surface area contributed by atoms with Gasteiger partial charge in [-0.15, -0.1) is 11.6 Å². The topological polar surface area (TPSA) is 0 Å². The van der Waals surface area contributed by atoms with Crippen molar-refractivity contribution < 1.29 is 0 Å². The first-order chi connectivity index (χ1) is 7.56. The van der Waals surface area contributed by atoms with Crippen molar-refractivity contribution in [3.05, 3.63) is 23.3 Å². The lowest BCUT2D eigenvalue weighted by molar-refractivity contribution is 0.554. The number of rotatable bonds is 8. The van der Waals surface area contributed by atoms with Crippen LogP contribution in [-0.4, -0.2) is 5.88 Å². The molecule has 0 saturated carbocycles. The van der Waals surface area contributed by atoms with Crippen molar-refractivity contribution in [3.8, 4) is 0 Å². The minimum atomic E-state index is 0.642. The molecule has 0 heterocycles. The molecule has 0 spiro atoms. The van der Waals surface area contributed by atoms with Gasteiger partial charge in [-0.05, 0) is 45.4 Å². The van der Waals surface area contributed by atoms with E-state index in [2.05, 4.69) is 39.8 Å². The van der Waals surface area contributed by atoms with Crippen LogP contribution in [0.1, 0.15) is 59.8 Å². The molecule has 0 aromatic carbocycles. The Morgan fingerprint density at radius 3 is 2.25 bits per heavy atom. The van der Waals surface area contributed by atoms with Gasteiger partial charge in [-0.1, -0.05) is 43.6 Å². The molecule has 16 heavy (non-hydrogen) atoms. The highest BCUT2D eigenvalue weighted by molar-refractivity contribution is 6.18. The van der Waals surface area contributed by atoms with Gasteiger partial charge in [0.2, 0.25) is 0 Å². The highest BCUT2D eigenvalue weighted by Crippen LogP contribution is 2.13. The Hall–Kier alpha value is -0.230. The Morgan fingerprint density at radius 2 is 1.69 bits per heavy atom. The van der Waals surface area contributed by atoms with Crippen LogP contribution in [0.25, 0.3) is 0 Å². The first kappa shape index (κ1) is 15.8. The summed E-state index contributed by atoms with van der Waals surface area (Å²) < 4.78 is 0. The molecule has 0 bridgehead atoms. The van der Waals surface area contributed by atoms with Gasteiger partial charge in [0, 0.05) is 5.88 Å². The molecule has 0 aromatic rings. The molecule has 0 aromatic heterocycles. The molecular formula is C15H27Cl. The van der Waals surface area contributed by atoms with Gasteiger partial charge in [0.05, 0.1) is 0 Å². The van der Waals surface area contributed by atoms with Gasteiger partial charge in [-0.2, -0.15) is 0 Å². The summed E-state index contributed by atoms with van der Waals surface area (Å²) >= 11 is 5.64. The van der Waals surface area contributed by atoms with Gasteiger partial charge >= 0.3 is 0 Å². The number of alkyl halides is 1. The third-order valence-corrected chi connectivity index (χ3v) is 2.96. The zero-order chi connectivity index (χ0) is 12.4. The minimum Gasteiger partial charge on any atom is -0.122 e. The van der Waals surface area contributed by atoms with Crippen LogP contribution < -0.4 is 0 Å². The van der Waals surface area contributed by atoms with Crippen molar-refractivity contribution in [2.45, 2.75) is 59.8 Å². The third kappa shape index (κ3) is 10.3. The Kier molecular flexibility index (Phi) is 9.82. The molecule has 0 rings (SSSR count). The highest BCUT2D eigenvalue weighted by Gasteiger charge is 1.95. The van der Waals surface area contributed by atoms with E-state index in [0.29, 0.717) is 5.88 Å². The molecule has 1 heteroatoms. The summed E-state index contributed by atoms with van der Waals surface area (Å²) in [6.45, 7) is 8.99. The Labute approximate surface area is 107 Å². The molecule has 0 atom stereocenters. The molecule has 0 fully saturated rings. The first-order valence-corrected chi connectivity index (χ1v) is 6.97. The van der Waals surface area contributed by atoms with E-state index in [-0.39, 0.29) is 0 Å². The molecule has 0 unspecified atom stereocenters. The average molecular weight is 243 g/mol. The van der Waals surface area contributed by atoms with Gasteiger partial charge < -0.3 is 0 Å². The summed E-state index contributed by atoms with van der Waals surface area (Å²) in [5.41, 5.74) is 2.94. The van der Waals surface area contributed by atoms with E-state index in [0.717, 1.165) is 18.8 Å². The second-order valence-corrected chi connectivity index (χ2v) is 5.39. The third-order valence-electron chi connectivity index (χ3n) is 2.81. The summed E-state index contributed by atoms with van der Waals surface area (Å²) in [6, 6.07) is 0. The quantitative estimate of drug-likeness (QED) is 0.377. The van der Waals surface area contributed by atoms with E-state index in [1.165, 1.54) is 24.8 Å². The molecule has 0 N–H and O–H groups in total. The summed E-state index contributed by atoms with van der Waals surface area (Å²) in [5.74, 6) is 1.48. The molecule has 0 radical (unpaired) electrons. The lowest BCUT2D eigenvalue weighted by Crippen LogP contribution is -1.87. The maximum atomic E-state index is 5.64. The van der Waals surface area contributed by atoms with Crippen molar-refractivity contribution in [1.82, 2.24) is 0 Å². The molecule has 0 aliphatic carbocycles. The van der Waals surface area contributed by atoms with E-state index in [1.807, 2.05) is 0 Å². The average Bonchev–Trinajstić information content (AvgIpc) is 2.17. The Balaban J connectivity index is 3.66. The van der Waals surface area contributed by atoms with E-state index in [1.54, 1.807) is 5.57 Å². The summed E-state index contributed by atoms with van der Waals surface area (Å²) in [5, 5.41) is 0. The van der Waals surface area contributed by atoms with Gasteiger partial charge in [0.15, 0.2) is 0 Å². The van der Waals surface area contributed by atoms with Crippen LogP contribution in [0.3, 0.4) is 0 Å². The van der Waals surface area contributed by atoms with Crippen LogP contribution in [0.15, 0.2) is 23.3 Å². The highest BCUT2D eigenvalue weighted by atomic mass is 35.5. The molecule has 94 valence electrons. The van der Waals surface area contributed by atoms with E-state index >= 15 is 0 Å². The largest absolute Gasteiger partial charge is 0.122 e. The van der Waals surface area contributed by atoms with Crippen LogP contribution in [0.4, 0.5) is 0 Å². The first-order valence-electron chi connectivity index (χ1n) is 6.43. The maximum absolute atomic E-state index is 5.64. The number of hydrogen-bond donors (Lipinski definition) is 0. The van der Waals surface area contributed by atoms with Crippen molar-refractivity contribution in [1.29, 1.82) is 0 Å². The fourth-order valence-electron chi connectivity index (χ4n) is 1.67. The zero-order valence-corrected chi connectivity index (χ0v) is 12.1. The van der Waals surface area contributed by atoms with E-state index in [9.17, 15) is 0 Å².